The number of hydrogen-bond acceptors (Lipinski definition) is 4. The van der Waals surface area contributed by atoms with Crippen LogP contribution in [0.5, 0.6) is 5.88 Å². The Hall–Kier alpha value is -2.40. The smallest absolute Gasteiger partial charge is 0.219 e. The first kappa shape index (κ1) is 20.2. The maximum Gasteiger partial charge on any atom is 0.219 e. The van der Waals surface area contributed by atoms with Crippen LogP contribution in [0.25, 0.3) is 0 Å². The van der Waals surface area contributed by atoms with Crippen molar-refractivity contribution in [3.8, 4) is 5.88 Å². The van der Waals surface area contributed by atoms with Gasteiger partial charge in [-0.3, -0.25) is 0 Å². The number of methoxy groups -OCH3 is 1. The second kappa shape index (κ2) is 7.31. The molecule has 6 rings (SSSR count). The van der Waals surface area contributed by atoms with Crippen molar-refractivity contribution in [3.05, 3.63) is 93.6 Å². The standard InChI is InChI=1S/C27H27ClN2O2/c1-32-25-23(7-4-12-29-25)27(31)10-13-30(14-11-27)17-26-16-21(19-5-2-3-6-22(19)26)20-9-8-18(28)15-24(20)26/h2-9,12,15,21,31H,10-11,13-14,16-17H2,1H3. The highest BCUT2D eigenvalue weighted by molar-refractivity contribution is 6.30. The average Bonchev–Trinajstić information content (AvgIpc) is 3.32. The molecule has 0 radical (unpaired) electrons. The van der Waals surface area contributed by atoms with E-state index in [2.05, 4.69) is 46.3 Å². The second-order valence-electron chi connectivity index (χ2n) is 9.53. The first-order valence-corrected chi connectivity index (χ1v) is 11.8. The molecule has 2 bridgehead atoms. The molecular formula is C27H27ClN2O2. The molecule has 32 heavy (non-hydrogen) atoms. The van der Waals surface area contributed by atoms with Crippen LogP contribution in [0.2, 0.25) is 5.02 Å². The summed E-state index contributed by atoms with van der Waals surface area (Å²) in [6, 6.07) is 19.2. The molecule has 0 saturated carbocycles. The Morgan fingerprint density at radius 1 is 1.03 bits per heavy atom. The second-order valence-corrected chi connectivity index (χ2v) is 9.96. The molecule has 3 aliphatic rings. The highest BCUT2D eigenvalue weighted by Crippen LogP contribution is 2.60. The molecule has 5 heteroatoms. The van der Waals surface area contributed by atoms with E-state index in [9.17, 15) is 5.11 Å². The maximum absolute atomic E-state index is 11.5. The number of nitrogens with zero attached hydrogens (tertiary/aromatic N) is 2. The van der Waals surface area contributed by atoms with E-state index in [4.69, 9.17) is 16.3 Å². The van der Waals surface area contributed by atoms with Gasteiger partial charge >= 0.3 is 0 Å². The van der Waals surface area contributed by atoms with Crippen LogP contribution in [0.1, 0.15) is 53.0 Å². The lowest BCUT2D eigenvalue weighted by atomic mass is 9.74. The number of benzene rings is 2. The van der Waals surface area contributed by atoms with E-state index in [1.165, 1.54) is 22.3 Å². The van der Waals surface area contributed by atoms with Gasteiger partial charge in [0.2, 0.25) is 5.88 Å². The Labute approximate surface area is 193 Å². The van der Waals surface area contributed by atoms with Gasteiger partial charge in [-0.1, -0.05) is 41.9 Å². The van der Waals surface area contributed by atoms with Gasteiger partial charge in [-0.15, -0.1) is 0 Å². The summed E-state index contributed by atoms with van der Waals surface area (Å²) in [5.74, 6) is 0.980. The van der Waals surface area contributed by atoms with Crippen molar-refractivity contribution in [2.45, 2.75) is 36.2 Å². The lowest BCUT2D eigenvalue weighted by Crippen LogP contribution is -2.48. The molecule has 1 saturated heterocycles. The van der Waals surface area contributed by atoms with E-state index in [0.717, 1.165) is 36.6 Å². The predicted molar refractivity (Wildman–Crippen MR) is 125 cm³/mol. The number of piperidine rings is 1. The summed E-state index contributed by atoms with van der Waals surface area (Å²) in [6.07, 6.45) is 4.15. The Morgan fingerprint density at radius 2 is 1.78 bits per heavy atom. The van der Waals surface area contributed by atoms with Crippen LogP contribution in [0.3, 0.4) is 0 Å². The van der Waals surface area contributed by atoms with Gasteiger partial charge in [0.25, 0.3) is 0 Å². The summed E-state index contributed by atoms with van der Waals surface area (Å²) in [7, 11) is 1.61. The molecule has 164 valence electrons. The van der Waals surface area contributed by atoms with E-state index in [1.54, 1.807) is 13.3 Å². The van der Waals surface area contributed by atoms with E-state index in [0.29, 0.717) is 24.6 Å². The summed E-state index contributed by atoms with van der Waals surface area (Å²) in [4.78, 5) is 6.82. The van der Waals surface area contributed by atoms with Gasteiger partial charge in [-0.05, 0) is 65.8 Å². The summed E-state index contributed by atoms with van der Waals surface area (Å²) < 4.78 is 5.43. The molecule has 1 fully saturated rings. The number of aliphatic hydroxyl groups is 1. The fraction of sp³-hybridized carbons (Fsp3) is 0.370. The fourth-order valence-corrected chi connectivity index (χ4v) is 6.63. The van der Waals surface area contributed by atoms with Gasteiger partial charge in [0, 0.05) is 47.8 Å². The van der Waals surface area contributed by atoms with Crippen molar-refractivity contribution < 1.29 is 9.84 Å². The first-order chi connectivity index (χ1) is 15.5. The van der Waals surface area contributed by atoms with Crippen molar-refractivity contribution >= 4 is 11.6 Å². The molecular weight excluding hydrogens is 420 g/mol. The minimum absolute atomic E-state index is 0.0249. The fourth-order valence-electron chi connectivity index (χ4n) is 6.46. The highest BCUT2D eigenvalue weighted by Gasteiger charge is 2.53. The molecule has 2 heterocycles. The SMILES string of the molecule is COc1ncccc1C1(O)CCN(CC23CC(c4ccccc42)c2ccc(Cl)cc23)CC1. The molecule has 0 spiro atoms. The third-order valence-corrected chi connectivity index (χ3v) is 8.19. The van der Waals surface area contributed by atoms with Gasteiger partial charge in [0.05, 0.1) is 12.7 Å². The quantitative estimate of drug-likeness (QED) is 0.621. The molecule has 4 nitrogen and oxygen atoms in total. The molecule has 1 N–H and O–H groups in total. The lowest BCUT2D eigenvalue weighted by molar-refractivity contribution is -0.0308. The van der Waals surface area contributed by atoms with Crippen molar-refractivity contribution in [1.29, 1.82) is 0 Å². The monoisotopic (exact) mass is 446 g/mol. The molecule has 2 atom stereocenters. The number of ether oxygens (including phenoxy) is 1. The maximum atomic E-state index is 11.5. The van der Waals surface area contributed by atoms with Gasteiger partial charge < -0.3 is 14.7 Å². The molecule has 2 aromatic carbocycles. The van der Waals surface area contributed by atoms with Crippen LogP contribution in [0.15, 0.2) is 60.8 Å². The summed E-state index contributed by atoms with van der Waals surface area (Å²) in [6.45, 7) is 2.62. The third-order valence-electron chi connectivity index (χ3n) is 7.95. The number of likely N-dealkylation sites (tertiary alicyclic amines) is 1. The van der Waals surface area contributed by atoms with Crippen LogP contribution >= 0.6 is 11.6 Å². The predicted octanol–water partition coefficient (Wildman–Crippen LogP) is 4.86. The Balaban J connectivity index is 1.30. The van der Waals surface area contributed by atoms with E-state index in [1.807, 2.05) is 18.2 Å². The van der Waals surface area contributed by atoms with Crippen LogP contribution in [-0.4, -0.2) is 41.7 Å². The number of halogens is 1. The van der Waals surface area contributed by atoms with E-state index >= 15 is 0 Å². The summed E-state index contributed by atoms with van der Waals surface area (Å²) in [5.41, 5.74) is 5.62. The number of aromatic nitrogens is 1. The van der Waals surface area contributed by atoms with Gasteiger partial charge in [0.15, 0.2) is 0 Å². The van der Waals surface area contributed by atoms with Gasteiger partial charge in [-0.25, -0.2) is 4.98 Å². The van der Waals surface area contributed by atoms with Crippen molar-refractivity contribution in [2.75, 3.05) is 26.7 Å². The zero-order valence-corrected chi connectivity index (χ0v) is 19.0. The van der Waals surface area contributed by atoms with E-state index < -0.39 is 5.60 Å². The summed E-state index contributed by atoms with van der Waals surface area (Å²) in [5, 5.41) is 12.3. The van der Waals surface area contributed by atoms with Crippen molar-refractivity contribution in [3.63, 3.8) is 0 Å². The van der Waals surface area contributed by atoms with Crippen LogP contribution in [0, 0.1) is 0 Å². The normalized spacial score (nSPS) is 25.4. The van der Waals surface area contributed by atoms with E-state index in [-0.39, 0.29) is 5.41 Å². The van der Waals surface area contributed by atoms with Gasteiger partial charge in [0.1, 0.15) is 0 Å². The summed E-state index contributed by atoms with van der Waals surface area (Å²) >= 11 is 6.46. The molecule has 2 aliphatic carbocycles. The zero-order chi connectivity index (χ0) is 21.9. The van der Waals surface area contributed by atoms with Crippen molar-refractivity contribution in [2.24, 2.45) is 0 Å². The molecule has 0 amide bonds. The van der Waals surface area contributed by atoms with Crippen LogP contribution in [0.4, 0.5) is 0 Å². The zero-order valence-electron chi connectivity index (χ0n) is 18.2. The van der Waals surface area contributed by atoms with Gasteiger partial charge in [-0.2, -0.15) is 0 Å². The minimum Gasteiger partial charge on any atom is -0.481 e. The number of pyridine rings is 1. The minimum atomic E-state index is -0.902. The molecule has 3 aromatic rings. The number of rotatable bonds is 4. The molecule has 1 aromatic heterocycles. The van der Waals surface area contributed by atoms with Crippen LogP contribution in [-0.2, 0) is 11.0 Å². The van der Waals surface area contributed by atoms with Crippen LogP contribution < -0.4 is 4.74 Å². The topological polar surface area (TPSA) is 45.6 Å². The number of hydrogen-bond donors (Lipinski definition) is 1. The lowest BCUT2D eigenvalue weighted by Gasteiger charge is -2.43. The number of fused-ring (bicyclic) bond motifs is 8. The Morgan fingerprint density at radius 3 is 2.59 bits per heavy atom. The first-order valence-electron chi connectivity index (χ1n) is 11.4. The Bertz CT molecular complexity index is 1190. The average molecular weight is 447 g/mol. The highest BCUT2D eigenvalue weighted by atomic mass is 35.5. The largest absolute Gasteiger partial charge is 0.481 e. The molecule has 1 aliphatic heterocycles. The Kier molecular flexibility index (Phi) is 4.62. The third kappa shape index (κ3) is 2.86. The van der Waals surface area contributed by atoms with Crippen molar-refractivity contribution in [1.82, 2.24) is 9.88 Å². The molecule has 2 unspecified atom stereocenters.